The summed E-state index contributed by atoms with van der Waals surface area (Å²) in [4.78, 5) is 28.4. The first-order chi connectivity index (χ1) is 12.7. The van der Waals surface area contributed by atoms with E-state index >= 15 is 0 Å². The second-order valence-corrected chi connectivity index (χ2v) is 12.7. The summed E-state index contributed by atoms with van der Waals surface area (Å²) in [5.41, 5.74) is -0.0786. The number of piperidine rings is 1. The predicted molar refractivity (Wildman–Crippen MR) is 125 cm³/mol. The lowest BCUT2D eigenvalue weighted by molar-refractivity contribution is -0.132. The third-order valence-electron chi connectivity index (χ3n) is 5.92. The Morgan fingerprint density at radius 1 is 0.793 bits per heavy atom. The minimum Gasteiger partial charge on any atom is -0.299 e. The summed E-state index contributed by atoms with van der Waals surface area (Å²) >= 11 is 0. The van der Waals surface area contributed by atoms with E-state index in [2.05, 4.69) is 51.3 Å². The van der Waals surface area contributed by atoms with Gasteiger partial charge in [0.1, 0.15) is 5.78 Å². The Labute approximate surface area is 181 Å². The number of Topliss-reactive ketones (excluding diaryl/α,β-unsaturated/α-hetero) is 2. The molecule has 0 N–H and O–H groups in total. The number of hydrogen-bond donors (Lipinski definition) is 0. The van der Waals surface area contributed by atoms with Crippen molar-refractivity contribution in [2.24, 2.45) is 16.7 Å². The second-order valence-electron chi connectivity index (χ2n) is 12.7. The van der Waals surface area contributed by atoms with Gasteiger partial charge in [-0.05, 0) is 74.5 Å². The molecule has 29 heavy (non-hydrogen) atoms. The molecule has 1 rings (SSSR count). The number of likely N-dealkylation sites (tertiary alicyclic amines) is 1. The van der Waals surface area contributed by atoms with Crippen LogP contribution in [0.25, 0.3) is 0 Å². The first kappa shape index (κ1) is 28.3. The van der Waals surface area contributed by atoms with Crippen LogP contribution in [0.15, 0.2) is 0 Å². The van der Waals surface area contributed by atoms with E-state index in [1.165, 1.54) is 0 Å². The standard InChI is InChI=1S/C14H27NO.C11H23NO/c1-13(2,3)12(16)11-7-9-15(10-8-11)14(4,5)6;1-10(2,3)9(13)8-12(7)11(4,5)6/h11H,7-10H2,1-6H3;8H2,1-7H3. The van der Waals surface area contributed by atoms with Crippen molar-refractivity contribution in [3.8, 4) is 0 Å². The van der Waals surface area contributed by atoms with Crippen LogP contribution < -0.4 is 0 Å². The zero-order chi connectivity index (χ0) is 23.4. The van der Waals surface area contributed by atoms with Crippen LogP contribution in [0.4, 0.5) is 0 Å². The molecular formula is C25H50N2O2. The average Bonchev–Trinajstić information content (AvgIpc) is 2.51. The van der Waals surface area contributed by atoms with Gasteiger partial charge in [0.15, 0.2) is 5.78 Å². The van der Waals surface area contributed by atoms with E-state index in [9.17, 15) is 9.59 Å². The van der Waals surface area contributed by atoms with Gasteiger partial charge in [0, 0.05) is 27.8 Å². The maximum atomic E-state index is 12.2. The molecule has 1 aliphatic heterocycles. The highest BCUT2D eigenvalue weighted by molar-refractivity contribution is 5.86. The van der Waals surface area contributed by atoms with Crippen molar-refractivity contribution in [2.45, 2.75) is 107 Å². The molecule has 0 bridgehead atoms. The van der Waals surface area contributed by atoms with Gasteiger partial charge in [-0.25, -0.2) is 0 Å². The predicted octanol–water partition coefficient (Wildman–Crippen LogP) is 5.44. The number of ketones is 2. The molecule has 0 saturated carbocycles. The fourth-order valence-electron chi connectivity index (χ4n) is 3.11. The smallest absolute Gasteiger partial charge is 0.152 e. The molecule has 0 aliphatic carbocycles. The van der Waals surface area contributed by atoms with E-state index in [0.29, 0.717) is 24.0 Å². The number of nitrogens with zero attached hydrogens (tertiary/aromatic N) is 2. The van der Waals surface area contributed by atoms with Crippen molar-refractivity contribution >= 4 is 11.6 Å². The summed E-state index contributed by atoms with van der Waals surface area (Å²) < 4.78 is 0. The lowest BCUT2D eigenvalue weighted by Gasteiger charge is -2.41. The molecule has 0 amide bonds. The normalized spacial score (nSPS) is 17.7. The van der Waals surface area contributed by atoms with Crippen LogP contribution in [0.1, 0.15) is 95.9 Å². The van der Waals surface area contributed by atoms with E-state index in [-0.39, 0.29) is 21.9 Å². The van der Waals surface area contributed by atoms with E-state index in [1.807, 2.05) is 48.6 Å². The molecule has 1 aliphatic rings. The molecule has 1 fully saturated rings. The quantitative estimate of drug-likeness (QED) is 0.621. The number of carbonyl (C=O) groups is 2. The van der Waals surface area contributed by atoms with Gasteiger partial charge < -0.3 is 0 Å². The molecule has 0 spiro atoms. The van der Waals surface area contributed by atoms with Crippen LogP contribution in [0, 0.1) is 16.7 Å². The van der Waals surface area contributed by atoms with E-state index in [4.69, 9.17) is 0 Å². The van der Waals surface area contributed by atoms with Crippen LogP contribution in [-0.4, -0.2) is 59.1 Å². The highest BCUT2D eigenvalue weighted by atomic mass is 16.1. The molecule has 4 nitrogen and oxygen atoms in total. The summed E-state index contributed by atoms with van der Waals surface area (Å²) in [6.45, 7) is 27.7. The molecule has 0 unspecified atom stereocenters. The Balaban J connectivity index is 0.000000555. The van der Waals surface area contributed by atoms with Crippen LogP contribution in [0.5, 0.6) is 0 Å². The average molecular weight is 411 g/mol. The maximum Gasteiger partial charge on any atom is 0.152 e. The van der Waals surface area contributed by atoms with Gasteiger partial charge in [-0.15, -0.1) is 0 Å². The van der Waals surface area contributed by atoms with Crippen LogP contribution in [0.3, 0.4) is 0 Å². The zero-order valence-corrected chi connectivity index (χ0v) is 21.8. The van der Waals surface area contributed by atoms with Crippen molar-refractivity contribution in [3.63, 3.8) is 0 Å². The fourth-order valence-corrected chi connectivity index (χ4v) is 3.11. The zero-order valence-electron chi connectivity index (χ0n) is 21.8. The highest BCUT2D eigenvalue weighted by Gasteiger charge is 2.34. The van der Waals surface area contributed by atoms with Crippen molar-refractivity contribution in [2.75, 3.05) is 26.7 Å². The summed E-state index contributed by atoms with van der Waals surface area (Å²) in [7, 11) is 1.99. The minimum absolute atomic E-state index is 0.0703. The highest BCUT2D eigenvalue weighted by Crippen LogP contribution is 2.29. The maximum absolute atomic E-state index is 12.2. The van der Waals surface area contributed by atoms with Crippen molar-refractivity contribution in [1.82, 2.24) is 9.80 Å². The Bertz CT molecular complexity index is 531. The van der Waals surface area contributed by atoms with Crippen molar-refractivity contribution < 1.29 is 9.59 Å². The molecule has 0 atom stereocenters. The van der Waals surface area contributed by atoms with Gasteiger partial charge in [0.2, 0.25) is 0 Å². The monoisotopic (exact) mass is 410 g/mol. The Morgan fingerprint density at radius 2 is 1.21 bits per heavy atom. The number of hydrogen-bond acceptors (Lipinski definition) is 4. The first-order valence-corrected chi connectivity index (χ1v) is 11.2. The Morgan fingerprint density at radius 3 is 1.48 bits per heavy atom. The SMILES string of the molecule is CC(C)(C)C(=O)C1CCN(C(C)(C)C)CC1.CN(CC(=O)C(C)(C)C)C(C)(C)C. The van der Waals surface area contributed by atoms with Gasteiger partial charge in [0.05, 0.1) is 6.54 Å². The van der Waals surface area contributed by atoms with Gasteiger partial charge in [-0.3, -0.25) is 19.4 Å². The lowest BCUT2D eigenvalue weighted by atomic mass is 9.78. The number of carbonyl (C=O) groups excluding carboxylic acids is 2. The second kappa shape index (κ2) is 10.0. The van der Waals surface area contributed by atoms with Crippen LogP contribution in [0.2, 0.25) is 0 Å². The molecule has 1 heterocycles. The summed E-state index contributed by atoms with van der Waals surface area (Å²) in [6.07, 6.45) is 2.07. The van der Waals surface area contributed by atoms with Crippen LogP contribution >= 0.6 is 0 Å². The molecule has 0 radical (unpaired) electrons. The van der Waals surface area contributed by atoms with Gasteiger partial charge in [-0.1, -0.05) is 41.5 Å². The molecule has 0 aromatic heterocycles. The molecule has 4 heteroatoms. The Hall–Kier alpha value is -0.740. The fraction of sp³-hybridized carbons (Fsp3) is 0.920. The van der Waals surface area contributed by atoms with Crippen LogP contribution in [-0.2, 0) is 9.59 Å². The van der Waals surface area contributed by atoms with Gasteiger partial charge in [-0.2, -0.15) is 0 Å². The molecule has 0 aromatic carbocycles. The summed E-state index contributed by atoms with van der Waals surface area (Å²) in [6, 6.07) is 0. The molecular weight excluding hydrogens is 360 g/mol. The van der Waals surface area contributed by atoms with E-state index in [1.54, 1.807) is 0 Å². The van der Waals surface area contributed by atoms with Crippen molar-refractivity contribution in [1.29, 1.82) is 0 Å². The summed E-state index contributed by atoms with van der Waals surface area (Å²) in [5.74, 6) is 1.03. The molecule has 172 valence electrons. The third kappa shape index (κ3) is 10.2. The minimum atomic E-state index is -0.223. The van der Waals surface area contributed by atoms with E-state index < -0.39 is 0 Å². The molecule has 1 saturated heterocycles. The van der Waals surface area contributed by atoms with Gasteiger partial charge in [0.25, 0.3) is 0 Å². The Kier molecular flexibility index (Phi) is 9.79. The van der Waals surface area contributed by atoms with Crippen molar-refractivity contribution in [3.05, 3.63) is 0 Å². The van der Waals surface area contributed by atoms with E-state index in [0.717, 1.165) is 25.9 Å². The number of likely N-dealkylation sites (N-methyl/N-ethyl adjacent to an activating group) is 1. The first-order valence-electron chi connectivity index (χ1n) is 11.2. The van der Waals surface area contributed by atoms with Gasteiger partial charge >= 0.3 is 0 Å². The summed E-state index contributed by atoms with van der Waals surface area (Å²) in [5, 5.41) is 0. The topological polar surface area (TPSA) is 40.6 Å². The molecule has 0 aromatic rings. The third-order valence-corrected chi connectivity index (χ3v) is 5.92. The number of rotatable bonds is 3. The largest absolute Gasteiger partial charge is 0.299 e. The lowest BCUT2D eigenvalue weighted by Crippen LogP contribution is -2.48.